The van der Waals surface area contributed by atoms with E-state index in [1.54, 1.807) is 6.07 Å². The van der Waals surface area contributed by atoms with Gasteiger partial charge in [0.15, 0.2) is 0 Å². The number of rotatable bonds is 3. The molecule has 0 heterocycles. The first-order valence-corrected chi connectivity index (χ1v) is 7.35. The van der Waals surface area contributed by atoms with Gasteiger partial charge in [-0.2, -0.15) is 0 Å². The Morgan fingerprint density at radius 1 is 1.20 bits per heavy atom. The van der Waals surface area contributed by atoms with Crippen LogP contribution in [-0.4, -0.2) is 23.0 Å². The van der Waals surface area contributed by atoms with Gasteiger partial charge in [0.1, 0.15) is 0 Å². The van der Waals surface area contributed by atoms with Crippen LogP contribution in [0.25, 0.3) is 0 Å². The molecule has 0 unspecified atom stereocenters. The van der Waals surface area contributed by atoms with Gasteiger partial charge in [-0.3, -0.25) is 4.79 Å². The summed E-state index contributed by atoms with van der Waals surface area (Å²) < 4.78 is 0.623. The van der Waals surface area contributed by atoms with Gasteiger partial charge in [0.2, 0.25) is 5.91 Å². The maximum Gasteiger partial charge on any atom is 0.335 e. The van der Waals surface area contributed by atoms with Gasteiger partial charge in [-0.05, 0) is 43.9 Å². The Morgan fingerprint density at radius 2 is 1.85 bits per heavy atom. The highest BCUT2D eigenvalue weighted by Gasteiger charge is 2.24. The van der Waals surface area contributed by atoms with Crippen LogP contribution in [0.2, 0.25) is 0 Å². The van der Waals surface area contributed by atoms with Crippen molar-refractivity contribution in [2.45, 2.75) is 31.7 Å². The number of nitrogens with two attached hydrogens (primary N) is 1. The van der Waals surface area contributed by atoms with Crippen LogP contribution < -0.4 is 11.1 Å². The summed E-state index contributed by atoms with van der Waals surface area (Å²) >= 11 is 3.24. The van der Waals surface area contributed by atoms with E-state index >= 15 is 0 Å². The van der Waals surface area contributed by atoms with E-state index < -0.39 is 5.97 Å². The van der Waals surface area contributed by atoms with Crippen molar-refractivity contribution in [3.63, 3.8) is 0 Å². The fourth-order valence-electron chi connectivity index (χ4n) is 2.41. The van der Waals surface area contributed by atoms with Crippen LogP contribution >= 0.6 is 15.9 Å². The molecule has 0 saturated heterocycles. The summed E-state index contributed by atoms with van der Waals surface area (Å²) in [5.74, 6) is -1.13. The first-order chi connectivity index (χ1) is 9.45. The van der Waals surface area contributed by atoms with E-state index in [1.807, 2.05) is 0 Å². The molecule has 6 heteroatoms. The van der Waals surface area contributed by atoms with E-state index in [2.05, 4.69) is 21.2 Å². The van der Waals surface area contributed by atoms with Crippen LogP contribution in [-0.2, 0) is 4.79 Å². The molecule has 1 aromatic carbocycles. The summed E-state index contributed by atoms with van der Waals surface area (Å²) in [5, 5.41) is 11.8. The highest BCUT2D eigenvalue weighted by Crippen LogP contribution is 2.26. The van der Waals surface area contributed by atoms with Gasteiger partial charge in [-0.1, -0.05) is 15.9 Å². The van der Waals surface area contributed by atoms with Crippen LogP contribution in [0.4, 0.5) is 5.69 Å². The maximum absolute atomic E-state index is 12.2. The average molecular weight is 341 g/mol. The number of amides is 1. The molecule has 1 aliphatic carbocycles. The van der Waals surface area contributed by atoms with E-state index in [-0.39, 0.29) is 23.4 Å². The first-order valence-electron chi connectivity index (χ1n) is 6.56. The van der Waals surface area contributed by atoms with Gasteiger partial charge in [0, 0.05) is 22.1 Å². The fourth-order valence-corrected chi connectivity index (χ4v) is 2.90. The molecule has 0 aromatic heterocycles. The minimum atomic E-state index is -1.02. The van der Waals surface area contributed by atoms with Crippen molar-refractivity contribution in [2.75, 3.05) is 5.32 Å². The molecule has 0 atom stereocenters. The second kappa shape index (κ2) is 6.37. The summed E-state index contributed by atoms with van der Waals surface area (Å²) in [6.45, 7) is 0. The van der Waals surface area contributed by atoms with Crippen LogP contribution in [0.5, 0.6) is 0 Å². The fraction of sp³-hybridized carbons (Fsp3) is 0.429. The second-order valence-electron chi connectivity index (χ2n) is 5.13. The van der Waals surface area contributed by atoms with Gasteiger partial charge in [-0.15, -0.1) is 0 Å². The molecular weight excluding hydrogens is 324 g/mol. The van der Waals surface area contributed by atoms with Crippen LogP contribution in [0.3, 0.4) is 0 Å². The molecule has 0 aliphatic heterocycles. The zero-order chi connectivity index (χ0) is 14.7. The zero-order valence-corrected chi connectivity index (χ0v) is 12.5. The number of nitrogens with one attached hydrogen (secondary N) is 1. The lowest BCUT2D eigenvalue weighted by atomic mass is 9.86. The van der Waals surface area contributed by atoms with Crippen molar-refractivity contribution in [3.8, 4) is 0 Å². The number of hydrogen-bond acceptors (Lipinski definition) is 3. The normalized spacial score (nSPS) is 22.3. The topological polar surface area (TPSA) is 92.4 Å². The third-order valence-electron chi connectivity index (χ3n) is 3.55. The molecule has 20 heavy (non-hydrogen) atoms. The van der Waals surface area contributed by atoms with Crippen molar-refractivity contribution in [3.05, 3.63) is 28.2 Å². The lowest BCUT2D eigenvalue weighted by Crippen LogP contribution is -2.32. The van der Waals surface area contributed by atoms with Crippen LogP contribution in [0.15, 0.2) is 22.7 Å². The van der Waals surface area contributed by atoms with Crippen molar-refractivity contribution in [1.82, 2.24) is 0 Å². The van der Waals surface area contributed by atoms with Gasteiger partial charge < -0.3 is 16.2 Å². The number of carbonyl (C=O) groups excluding carboxylic acids is 1. The summed E-state index contributed by atoms with van der Waals surface area (Å²) in [7, 11) is 0. The quantitative estimate of drug-likeness (QED) is 0.788. The second-order valence-corrected chi connectivity index (χ2v) is 6.05. The number of carboxylic acid groups (broad SMARTS) is 1. The molecule has 2 rings (SSSR count). The molecule has 1 aromatic rings. The number of carbonyl (C=O) groups is 2. The van der Waals surface area contributed by atoms with Crippen LogP contribution in [0, 0.1) is 5.92 Å². The molecule has 0 bridgehead atoms. The Bertz CT molecular complexity index is 525. The molecule has 108 valence electrons. The van der Waals surface area contributed by atoms with Crippen LogP contribution in [0.1, 0.15) is 36.0 Å². The van der Waals surface area contributed by atoms with Gasteiger partial charge >= 0.3 is 5.97 Å². The van der Waals surface area contributed by atoms with E-state index in [1.165, 1.54) is 12.1 Å². The maximum atomic E-state index is 12.2. The smallest absolute Gasteiger partial charge is 0.335 e. The summed E-state index contributed by atoms with van der Waals surface area (Å²) in [6, 6.07) is 4.85. The Balaban J connectivity index is 2.06. The number of aromatic carboxylic acids is 1. The Labute approximate surface area is 125 Å². The lowest BCUT2D eigenvalue weighted by Gasteiger charge is -2.25. The SMILES string of the molecule is NC1CCC(C(=O)Nc2cc(Br)cc(C(=O)O)c2)CC1. The number of anilines is 1. The Hall–Kier alpha value is -1.40. The Kier molecular flexibility index (Phi) is 4.77. The summed E-state index contributed by atoms with van der Waals surface area (Å²) in [5.41, 5.74) is 6.46. The van der Waals surface area contributed by atoms with Gasteiger partial charge in [0.05, 0.1) is 5.56 Å². The highest BCUT2D eigenvalue weighted by molar-refractivity contribution is 9.10. The third-order valence-corrected chi connectivity index (χ3v) is 4.01. The van der Waals surface area contributed by atoms with Crippen molar-refractivity contribution < 1.29 is 14.7 Å². The number of hydrogen-bond donors (Lipinski definition) is 3. The molecule has 1 amide bonds. The number of carboxylic acids is 1. The van der Waals surface area contributed by atoms with E-state index in [9.17, 15) is 9.59 Å². The molecule has 4 N–H and O–H groups in total. The van der Waals surface area contributed by atoms with E-state index in [0.29, 0.717) is 10.2 Å². The molecule has 0 radical (unpaired) electrons. The van der Waals surface area contributed by atoms with Gasteiger partial charge in [-0.25, -0.2) is 4.79 Å². The van der Waals surface area contributed by atoms with Crippen molar-refractivity contribution >= 4 is 33.5 Å². The monoisotopic (exact) mass is 340 g/mol. The number of halogens is 1. The molecule has 1 aliphatic rings. The molecule has 5 nitrogen and oxygen atoms in total. The molecular formula is C14H17BrN2O3. The molecule has 0 spiro atoms. The average Bonchev–Trinajstić information content (AvgIpc) is 2.38. The van der Waals surface area contributed by atoms with E-state index in [0.717, 1.165) is 25.7 Å². The summed E-state index contributed by atoms with van der Waals surface area (Å²) in [6.07, 6.45) is 3.29. The molecule has 1 saturated carbocycles. The lowest BCUT2D eigenvalue weighted by molar-refractivity contribution is -0.120. The zero-order valence-electron chi connectivity index (χ0n) is 10.9. The van der Waals surface area contributed by atoms with Crippen molar-refractivity contribution in [2.24, 2.45) is 11.7 Å². The number of benzene rings is 1. The highest BCUT2D eigenvalue weighted by atomic mass is 79.9. The third kappa shape index (κ3) is 3.80. The molecule has 1 fully saturated rings. The summed E-state index contributed by atoms with van der Waals surface area (Å²) in [4.78, 5) is 23.1. The van der Waals surface area contributed by atoms with Gasteiger partial charge in [0.25, 0.3) is 0 Å². The van der Waals surface area contributed by atoms with E-state index in [4.69, 9.17) is 10.8 Å². The largest absolute Gasteiger partial charge is 0.478 e. The predicted molar refractivity (Wildman–Crippen MR) is 79.7 cm³/mol. The standard InChI is InChI=1S/C14H17BrN2O3/c15-10-5-9(14(19)20)6-12(7-10)17-13(18)8-1-3-11(16)4-2-8/h5-8,11H,1-4,16H2,(H,17,18)(H,19,20). The first kappa shape index (κ1) is 15.0. The Morgan fingerprint density at radius 3 is 2.45 bits per heavy atom. The minimum absolute atomic E-state index is 0.0398. The van der Waals surface area contributed by atoms with Crippen molar-refractivity contribution in [1.29, 1.82) is 0 Å². The minimum Gasteiger partial charge on any atom is -0.478 e. The predicted octanol–water partition coefficient (Wildman–Crippen LogP) is 2.60.